The Morgan fingerprint density at radius 3 is 1.16 bits per heavy atom. The quantitative estimate of drug-likeness (QED) is 0.163. The van der Waals surface area contributed by atoms with Gasteiger partial charge >= 0.3 is 0 Å². The number of rotatable bonds is 3. The van der Waals surface area contributed by atoms with Crippen LogP contribution in [0.25, 0.3) is 0 Å². The van der Waals surface area contributed by atoms with Crippen LogP contribution in [0.4, 0.5) is 85.3 Å². The van der Waals surface area contributed by atoms with Gasteiger partial charge in [-0.15, -0.1) is 0 Å². The van der Waals surface area contributed by atoms with Crippen molar-refractivity contribution in [2.45, 2.75) is 58.0 Å². The molecule has 4 atom stereocenters. The van der Waals surface area contributed by atoms with Crippen LogP contribution in [-0.2, 0) is 6.42 Å². The molecule has 0 aromatic heterocycles. The molecule has 4 unspecified atom stereocenters. The Labute approximate surface area is 535 Å². The Morgan fingerprint density at radius 1 is 0.297 bits per heavy atom. The molecule has 0 saturated carbocycles. The minimum Gasteiger partial charge on any atom is -0.341 e. The molecule has 0 radical (unpaired) electrons. The van der Waals surface area contributed by atoms with Crippen LogP contribution in [0.15, 0.2) is 273 Å². The van der Waals surface area contributed by atoms with Crippen molar-refractivity contribution in [2.75, 3.05) is 35.9 Å². The molecule has 9 heterocycles. The van der Waals surface area contributed by atoms with Crippen LogP contribution in [0.5, 0.6) is 0 Å². The zero-order valence-corrected chi connectivity index (χ0v) is 51.6. The van der Waals surface area contributed by atoms with Gasteiger partial charge < -0.3 is 29.4 Å². The second-order valence-electron chi connectivity index (χ2n) is 26.4. The lowest BCUT2D eigenvalue weighted by atomic mass is 9.33. The molecule has 12 aromatic rings. The SMILES string of the molecule is CC1CN2c3cccc4c3B(c3ccccc3N4c3ccccc3)c3cccc1c32.CC1Cc2cccc3c2N1c1cccc2c1B3c1ccccc1N2c1ccccc1.CC1c2cccc3c2N(c2cccc4c2B3c2ccccc2N4c2ccccc2)C1C. The van der Waals surface area contributed by atoms with Crippen molar-refractivity contribution < 1.29 is 0 Å². The van der Waals surface area contributed by atoms with Gasteiger partial charge in [-0.05, 0) is 177 Å². The van der Waals surface area contributed by atoms with Crippen LogP contribution in [0, 0.1) is 0 Å². The number of nitrogens with zero attached hydrogens (tertiary/aromatic N) is 6. The van der Waals surface area contributed by atoms with Crippen molar-refractivity contribution in [3.8, 4) is 0 Å². The second-order valence-corrected chi connectivity index (χ2v) is 26.4. The summed E-state index contributed by atoms with van der Waals surface area (Å²) in [5.74, 6) is 1.07. The highest BCUT2D eigenvalue weighted by molar-refractivity contribution is 7.02. The normalized spacial score (nSPS) is 18.3. The molecule has 0 bridgehead atoms. The fourth-order valence-corrected chi connectivity index (χ4v) is 17.9. The van der Waals surface area contributed by atoms with Gasteiger partial charge in [0, 0.05) is 116 Å². The van der Waals surface area contributed by atoms with E-state index < -0.39 is 0 Å². The van der Waals surface area contributed by atoms with Crippen molar-refractivity contribution in [1.82, 2.24) is 0 Å². The second kappa shape index (κ2) is 20.1. The molecule has 9 aliphatic heterocycles. The summed E-state index contributed by atoms with van der Waals surface area (Å²) in [7, 11) is 0. The standard InChI is InChI=1S/C28H23BN2.2C27H21BN2/c1-18-19(2)30-25-16-9-17-26-27(25)29(23-14-8-12-21(18)28(23)30)22-13-6-7-15-24(22)31(26)20-10-4-3-5-11-20;1-18-17-19-9-7-13-22-27(19)29(18)24-15-8-16-25-26(24)28(22)21-12-5-6-14-23(21)30(25)20-10-3-2-4-11-20;1-18-17-29-24-15-8-16-25-26(24)28(22-13-7-11-20(18)27(22)29)21-12-5-6-14-23(21)30(25)19-9-3-2-4-10-19/h3-19H,1-2H3;2*2-16,18H,17H2,1H3. The molecule has 12 aromatic carbocycles. The summed E-state index contributed by atoms with van der Waals surface area (Å²) in [4.78, 5) is 15.1. The van der Waals surface area contributed by atoms with Crippen LogP contribution < -0.4 is 78.6 Å². The lowest BCUT2D eigenvalue weighted by molar-refractivity contribution is 0.643. The first-order chi connectivity index (χ1) is 44.9. The van der Waals surface area contributed by atoms with Gasteiger partial charge in [-0.2, -0.15) is 0 Å². The molecule has 91 heavy (non-hydrogen) atoms. The van der Waals surface area contributed by atoms with Gasteiger partial charge in [0.2, 0.25) is 0 Å². The summed E-state index contributed by atoms with van der Waals surface area (Å²) in [5.41, 5.74) is 37.2. The molecule has 0 aliphatic carbocycles. The van der Waals surface area contributed by atoms with E-state index in [1.165, 1.54) is 151 Å². The fourth-order valence-electron chi connectivity index (χ4n) is 17.9. The maximum Gasteiger partial charge on any atom is 0.252 e. The third kappa shape index (κ3) is 7.40. The van der Waals surface area contributed by atoms with Gasteiger partial charge in [-0.25, -0.2) is 0 Å². The van der Waals surface area contributed by atoms with Crippen molar-refractivity contribution in [3.05, 3.63) is 290 Å². The smallest absolute Gasteiger partial charge is 0.252 e. The monoisotopic (exact) mass is 1170 g/mol. The van der Waals surface area contributed by atoms with E-state index in [9.17, 15) is 0 Å². The average Bonchev–Trinajstić information content (AvgIpc) is 1.70. The van der Waals surface area contributed by atoms with Gasteiger partial charge in [0.25, 0.3) is 20.1 Å². The Hall–Kier alpha value is -10.4. The molecule has 0 fully saturated rings. The first-order valence-electron chi connectivity index (χ1n) is 32.9. The largest absolute Gasteiger partial charge is 0.341 e. The summed E-state index contributed by atoms with van der Waals surface area (Å²) in [6.45, 7) is 11.4. The maximum absolute atomic E-state index is 2.61. The van der Waals surface area contributed by atoms with E-state index in [2.05, 4.69) is 330 Å². The molecule has 432 valence electrons. The summed E-state index contributed by atoms with van der Waals surface area (Å²) < 4.78 is 0. The number of fused-ring (bicyclic) bond motifs is 12. The zero-order valence-electron chi connectivity index (χ0n) is 51.6. The van der Waals surface area contributed by atoms with Crippen LogP contribution in [0.1, 0.15) is 56.2 Å². The first-order valence-corrected chi connectivity index (χ1v) is 32.9. The van der Waals surface area contributed by atoms with Crippen molar-refractivity contribution in [2.24, 2.45) is 0 Å². The Bertz CT molecular complexity index is 4960. The lowest BCUT2D eigenvalue weighted by Gasteiger charge is -2.44. The van der Waals surface area contributed by atoms with Gasteiger partial charge in [-0.1, -0.05) is 196 Å². The lowest BCUT2D eigenvalue weighted by Crippen LogP contribution is -2.62. The minimum atomic E-state index is 0.270. The van der Waals surface area contributed by atoms with E-state index >= 15 is 0 Å². The van der Waals surface area contributed by atoms with Crippen LogP contribution >= 0.6 is 0 Å². The fraction of sp³-hybridized carbons (Fsp3) is 0.122. The summed E-state index contributed by atoms with van der Waals surface area (Å²) >= 11 is 0. The summed E-state index contributed by atoms with van der Waals surface area (Å²) in [6, 6.07) is 101. The zero-order chi connectivity index (χ0) is 60.3. The average molecular weight is 1170 g/mol. The predicted molar refractivity (Wildman–Crippen MR) is 387 cm³/mol. The minimum absolute atomic E-state index is 0.270. The van der Waals surface area contributed by atoms with Crippen LogP contribution in [0.3, 0.4) is 0 Å². The van der Waals surface area contributed by atoms with Crippen LogP contribution in [0.2, 0.25) is 0 Å². The van der Waals surface area contributed by atoms with Crippen molar-refractivity contribution >= 4 is 155 Å². The Balaban J connectivity index is 0.0000000979. The number of para-hydroxylation sites is 9. The molecule has 0 N–H and O–H groups in total. The molecule has 0 amide bonds. The maximum atomic E-state index is 2.61. The molecule has 6 nitrogen and oxygen atoms in total. The molecule has 0 saturated heterocycles. The summed E-state index contributed by atoms with van der Waals surface area (Å²) in [6.07, 6.45) is 1.11. The van der Waals surface area contributed by atoms with E-state index in [1.807, 2.05) is 0 Å². The Morgan fingerprint density at radius 2 is 0.659 bits per heavy atom. The van der Waals surface area contributed by atoms with E-state index in [4.69, 9.17) is 0 Å². The highest BCUT2D eigenvalue weighted by Crippen LogP contribution is 2.51. The van der Waals surface area contributed by atoms with E-state index in [0.717, 1.165) is 13.0 Å². The number of hydrogen-bond donors (Lipinski definition) is 0. The number of anilines is 15. The third-order valence-electron chi connectivity index (χ3n) is 21.7. The molecular weight excluding hydrogens is 1100 g/mol. The van der Waals surface area contributed by atoms with E-state index in [0.29, 0.717) is 23.9 Å². The molecular formula is C82H65B3N6. The predicted octanol–water partition coefficient (Wildman–Crippen LogP) is 13.9. The highest BCUT2D eigenvalue weighted by Gasteiger charge is 2.50. The number of hydrogen-bond acceptors (Lipinski definition) is 6. The molecule has 21 rings (SSSR count). The number of benzene rings is 12. The van der Waals surface area contributed by atoms with Gasteiger partial charge in [0.05, 0.1) is 0 Å². The highest BCUT2D eigenvalue weighted by atomic mass is 15.2. The third-order valence-corrected chi connectivity index (χ3v) is 21.7. The Kier molecular flexibility index (Phi) is 11.6. The van der Waals surface area contributed by atoms with E-state index in [-0.39, 0.29) is 20.1 Å². The van der Waals surface area contributed by atoms with Crippen molar-refractivity contribution in [3.63, 3.8) is 0 Å². The molecule has 9 heteroatoms. The topological polar surface area (TPSA) is 19.4 Å². The van der Waals surface area contributed by atoms with Crippen LogP contribution in [-0.4, -0.2) is 38.8 Å². The van der Waals surface area contributed by atoms with Gasteiger partial charge in [-0.3, -0.25) is 0 Å². The van der Waals surface area contributed by atoms with Gasteiger partial charge in [0.15, 0.2) is 0 Å². The first kappa shape index (κ1) is 52.6. The summed E-state index contributed by atoms with van der Waals surface area (Å²) in [5, 5.41) is 0. The van der Waals surface area contributed by atoms with Gasteiger partial charge in [0.1, 0.15) is 0 Å². The van der Waals surface area contributed by atoms with E-state index in [1.54, 1.807) is 0 Å². The molecule has 0 spiro atoms. The molecule has 9 aliphatic rings. The van der Waals surface area contributed by atoms with Crippen molar-refractivity contribution in [1.29, 1.82) is 0 Å².